The van der Waals surface area contributed by atoms with E-state index in [1.165, 1.54) is 4.90 Å². The van der Waals surface area contributed by atoms with E-state index in [-0.39, 0.29) is 6.61 Å². The van der Waals surface area contributed by atoms with Crippen LogP contribution in [0.15, 0.2) is 30.3 Å². The summed E-state index contributed by atoms with van der Waals surface area (Å²) in [4.78, 5) is 36.7. The number of hydrogen-bond acceptors (Lipinski definition) is 5. The highest BCUT2D eigenvalue weighted by atomic mass is 16.6. The van der Waals surface area contributed by atoms with Crippen molar-refractivity contribution in [2.45, 2.75) is 38.8 Å². The Bertz CT molecular complexity index is 557. The van der Waals surface area contributed by atoms with Crippen LogP contribution in [0.4, 0.5) is 4.79 Å². The summed E-state index contributed by atoms with van der Waals surface area (Å²) in [5.41, 5.74) is 1.04. The van der Waals surface area contributed by atoms with E-state index in [1.807, 2.05) is 30.3 Å². The second kappa shape index (κ2) is 7.06. The van der Waals surface area contributed by atoms with Crippen molar-refractivity contribution in [3.8, 4) is 0 Å². The number of esters is 2. The molecule has 6 heteroatoms. The number of carbonyl (C=O) groups excluding carboxylic acids is 3. The van der Waals surface area contributed by atoms with Crippen molar-refractivity contribution in [1.82, 2.24) is 4.90 Å². The lowest BCUT2D eigenvalue weighted by Gasteiger charge is -2.26. The SMILES string of the molecule is CCOC(=O)C(CCc1ccccc1)N1C(=O)OC(=O)C1C. The summed E-state index contributed by atoms with van der Waals surface area (Å²) in [6.07, 6.45) is 0.175. The summed E-state index contributed by atoms with van der Waals surface area (Å²) in [6, 6.07) is 8.01. The van der Waals surface area contributed by atoms with E-state index in [2.05, 4.69) is 4.74 Å². The predicted octanol–water partition coefficient (Wildman–Crippen LogP) is 1.92. The van der Waals surface area contributed by atoms with Crippen molar-refractivity contribution in [3.63, 3.8) is 0 Å². The maximum atomic E-state index is 12.2. The van der Waals surface area contributed by atoms with Crippen LogP contribution in [0, 0.1) is 0 Å². The van der Waals surface area contributed by atoms with Crippen LogP contribution in [0.5, 0.6) is 0 Å². The maximum Gasteiger partial charge on any atom is 0.419 e. The molecule has 2 atom stereocenters. The Morgan fingerprint density at radius 2 is 2.00 bits per heavy atom. The average molecular weight is 305 g/mol. The molecule has 0 bridgehead atoms. The quantitative estimate of drug-likeness (QED) is 0.593. The van der Waals surface area contributed by atoms with Crippen LogP contribution in [0.3, 0.4) is 0 Å². The minimum atomic E-state index is -0.825. The summed E-state index contributed by atoms with van der Waals surface area (Å²) >= 11 is 0. The first-order valence-corrected chi connectivity index (χ1v) is 7.29. The van der Waals surface area contributed by atoms with Gasteiger partial charge in [0.2, 0.25) is 0 Å². The van der Waals surface area contributed by atoms with Crippen molar-refractivity contribution in [2.24, 2.45) is 0 Å². The van der Waals surface area contributed by atoms with Crippen LogP contribution in [0.2, 0.25) is 0 Å². The van der Waals surface area contributed by atoms with E-state index < -0.39 is 30.1 Å². The largest absolute Gasteiger partial charge is 0.464 e. The van der Waals surface area contributed by atoms with Gasteiger partial charge in [-0.3, -0.25) is 4.90 Å². The van der Waals surface area contributed by atoms with Crippen molar-refractivity contribution >= 4 is 18.0 Å². The van der Waals surface area contributed by atoms with Crippen LogP contribution in [0.25, 0.3) is 0 Å². The normalized spacial score (nSPS) is 19.0. The molecule has 0 aliphatic carbocycles. The number of ether oxygens (including phenoxy) is 2. The molecule has 0 radical (unpaired) electrons. The molecule has 1 fully saturated rings. The van der Waals surface area contributed by atoms with Crippen LogP contribution in [-0.2, 0) is 25.5 Å². The highest BCUT2D eigenvalue weighted by Gasteiger charge is 2.45. The fourth-order valence-electron chi connectivity index (χ4n) is 2.45. The summed E-state index contributed by atoms with van der Waals surface area (Å²) in [7, 11) is 0. The van der Waals surface area contributed by atoms with Gasteiger partial charge in [-0.05, 0) is 32.3 Å². The number of nitrogens with zero attached hydrogens (tertiary/aromatic N) is 1. The van der Waals surface area contributed by atoms with Crippen molar-refractivity contribution in [1.29, 1.82) is 0 Å². The summed E-state index contributed by atoms with van der Waals surface area (Å²) < 4.78 is 9.62. The zero-order valence-electron chi connectivity index (χ0n) is 12.7. The minimum Gasteiger partial charge on any atom is -0.464 e. The lowest BCUT2D eigenvalue weighted by atomic mass is 10.0. The highest BCUT2D eigenvalue weighted by molar-refractivity contribution is 5.97. The molecular weight excluding hydrogens is 286 g/mol. The van der Waals surface area contributed by atoms with E-state index >= 15 is 0 Å². The van der Waals surface area contributed by atoms with Crippen molar-refractivity contribution < 1.29 is 23.9 Å². The van der Waals surface area contributed by atoms with Gasteiger partial charge in [0.1, 0.15) is 12.1 Å². The standard InChI is InChI=1S/C16H19NO5/c1-3-21-15(19)13(10-9-12-7-5-4-6-8-12)17-11(2)14(18)22-16(17)20/h4-8,11,13H,3,9-10H2,1-2H3. The fourth-order valence-corrected chi connectivity index (χ4v) is 2.45. The van der Waals surface area contributed by atoms with Gasteiger partial charge in [-0.1, -0.05) is 30.3 Å². The molecule has 1 aromatic rings. The molecule has 0 N–H and O–H groups in total. The lowest BCUT2D eigenvalue weighted by Crippen LogP contribution is -2.47. The number of hydrogen-bond donors (Lipinski definition) is 0. The Hall–Kier alpha value is -2.37. The Balaban J connectivity index is 2.14. The molecule has 0 spiro atoms. The molecule has 118 valence electrons. The smallest absolute Gasteiger partial charge is 0.419 e. The molecule has 1 aliphatic heterocycles. The van der Waals surface area contributed by atoms with Crippen LogP contribution in [0.1, 0.15) is 25.8 Å². The van der Waals surface area contributed by atoms with Crippen LogP contribution in [-0.4, -0.2) is 41.6 Å². The third-order valence-electron chi connectivity index (χ3n) is 3.60. The van der Waals surface area contributed by atoms with Gasteiger partial charge in [-0.2, -0.15) is 0 Å². The van der Waals surface area contributed by atoms with Crippen molar-refractivity contribution in [3.05, 3.63) is 35.9 Å². The van der Waals surface area contributed by atoms with Gasteiger partial charge in [-0.25, -0.2) is 14.4 Å². The number of cyclic esters (lactones) is 2. The Kier molecular flexibility index (Phi) is 5.14. The molecule has 1 saturated heterocycles. The first-order valence-electron chi connectivity index (χ1n) is 7.29. The molecule has 0 aromatic heterocycles. The third kappa shape index (κ3) is 3.44. The average Bonchev–Trinajstić information content (AvgIpc) is 2.75. The Labute approximate surface area is 129 Å². The van der Waals surface area contributed by atoms with E-state index in [4.69, 9.17) is 4.74 Å². The van der Waals surface area contributed by atoms with E-state index in [0.29, 0.717) is 12.8 Å². The minimum absolute atomic E-state index is 0.214. The first kappa shape index (κ1) is 16.0. The van der Waals surface area contributed by atoms with Gasteiger partial charge in [0.15, 0.2) is 0 Å². The van der Waals surface area contributed by atoms with Crippen molar-refractivity contribution in [2.75, 3.05) is 6.61 Å². The number of benzene rings is 1. The number of rotatable bonds is 6. The van der Waals surface area contributed by atoms with Gasteiger partial charge in [0.05, 0.1) is 6.61 Å². The van der Waals surface area contributed by atoms with Crippen LogP contribution >= 0.6 is 0 Å². The molecule has 1 heterocycles. The summed E-state index contributed by atoms with van der Waals surface area (Å²) in [5, 5.41) is 0. The molecule has 2 unspecified atom stereocenters. The summed E-state index contributed by atoms with van der Waals surface area (Å²) in [5.74, 6) is -1.16. The van der Waals surface area contributed by atoms with Gasteiger partial charge in [-0.15, -0.1) is 0 Å². The number of aryl methyl sites for hydroxylation is 1. The summed E-state index contributed by atoms with van der Waals surface area (Å²) in [6.45, 7) is 3.46. The van der Waals surface area contributed by atoms with Crippen LogP contribution < -0.4 is 0 Å². The topological polar surface area (TPSA) is 72.9 Å². The molecule has 1 aliphatic rings. The number of amides is 1. The monoisotopic (exact) mass is 305 g/mol. The second-order valence-corrected chi connectivity index (χ2v) is 5.06. The molecular formula is C16H19NO5. The molecule has 0 saturated carbocycles. The molecule has 22 heavy (non-hydrogen) atoms. The second-order valence-electron chi connectivity index (χ2n) is 5.06. The lowest BCUT2D eigenvalue weighted by molar-refractivity contribution is -0.149. The Morgan fingerprint density at radius 1 is 1.32 bits per heavy atom. The van der Waals surface area contributed by atoms with Gasteiger partial charge < -0.3 is 9.47 Å². The molecule has 1 aromatic carbocycles. The van der Waals surface area contributed by atoms with E-state index in [9.17, 15) is 14.4 Å². The van der Waals surface area contributed by atoms with E-state index in [1.54, 1.807) is 13.8 Å². The third-order valence-corrected chi connectivity index (χ3v) is 3.60. The molecule has 1 amide bonds. The number of carbonyl (C=O) groups is 3. The van der Waals surface area contributed by atoms with E-state index in [0.717, 1.165) is 5.56 Å². The zero-order valence-corrected chi connectivity index (χ0v) is 12.7. The van der Waals surface area contributed by atoms with Gasteiger partial charge in [0, 0.05) is 0 Å². The first-order chi connectivity index (χ1) is 10.5. The Morgan fingerprint density at radius 3 is 2.55 bits per heavy atom. The molecule has 2 rings (SSSR count). The van der Waals surface area contributed by atoms with Gasteiger partial charge >= 0.3 is 18.0 Å². The fraction of sp³-hybridized carbons (Fsp3) is 0.438. The predicted molar refractivity (Wildman–Crippen MR) is 78.0 cm³/mol. The highest BCUT2D eigenvalue weighted by Crippen LogP contribution is 2.21. The maximum absolute atomic E-state index is 12.2. The molecule has 6 nitrogen and oxygen atoms in total. The zero-order chi connectivity index (χ0) is 16.1. The van der Waals surface area contributed by atoms with Gasteiger partial charge in [0.25, 0.3) is 0 Å².